The Balaban J connectivity index is 0.00000484. The smallest absolute Gasteiger partial charge is 0.402 e. The summed E-state index contributed by atoms with van der Waals surface area (Å²) in [6.45, 7) is 31.5. The van der Waals surface area contributed by atoms with Gasteiger partial charge in [0.2, 0.25) is 0 Å². The minimum absolute atomic E-state index is 0. The second-order valence-corrected chi connectivity index (χ2v) is 12.2. The van der Waals surface area contributed by atoms with Crippen LogP contribution in [0.3, 0.4) is 0 Å². The van der Waals surface area contributed by atoms with Gasteiger partial charge in [-0.1, -0.05) is 65.7 Å². The molecular weight excluding hydrogens is 707 g/mol. The Morgan fingerprint density at radius 3 is 1.67 bits per heavy atom. The van der Waals surface area contributed by atoms with Gasteiger partial charge in [-0.15, -0.1) is 0 Å². The molecule has 0 unspecified atom stereocenters. The Bertz CT molecular complexity index is 1700. The average molecular weight is 736 g/mol. The number of hydrogen-bond acceptors (Lipinski definition) is 6. The largest absolute Gasteiger partial charge is 2.00 e. The van der Waals surface area contributed by atoms with Crippen molar-refractivity contribution in [3.63, 3.8) is 0 Å². The first kappa shape index (κ1) is 31.9. The van der Waals surface area contributed by atoms with E-state index in [1.165, 1.54) is 9.13 Å². The minimum atomic E-state index is -0.765. The van der Waals surface area contributed by atoms with Gasteiger partial charge in [-0.2, -0.15) is 0 Å². The number of nitriles is 2. The Hall–Kier alpha value is -4.63. The number of hydrogen-bond donors (Lipinski definition) is 0. The Kier molecular flexibility index (Phi) is 8.60. The fraction of sp³-hybridized carbons (Fsp3) is 0.355. The summed E-state index contributed by atoms with van der Waals surface area (Å²) >= 11 is 0. The molecule has 0 N–H and O–H groups in total. The van der Waals surface area contributed by atoms with Crippen molar-refractivity contribution in [2.24, 2.45) is 0 Å². The predicted octanol–water partition coefficient (Wildman–Crippen LogP) is 6.21. The van der Waals surface area contributed by atoms with Crippen LogP contribution < -0.4 is 0 Å². The number of pyridine rings is 2. The maximum absolute atomic E-state index is 9.76. The molecule has 0 aliphatic carbocycles. The number of rotatable bonds is 4. The van der Waals surface area contributed by atoms with Crippen LogP contribution in [0.5, 0.6) is 0 Å². The molecular formula is C31H28N10Pt. The van der Waals surface area contributed by atoms with Crippen molar-refractivity contribution in [2.45, 2.75) is 71.6 Å². The van der Waals surface area contributed by atoms with E-state index in [0.29, 0.717) is 23.0 Å². The van der Waals surface area contributed by atoms with Gasteiger partial charge in [0.25, 0.3) is 12.1 Å². The monoisotopic (exact) mass is 735 g/mol. The first-order chi connectivity index (χ1) is 19.1. The predicted molar refractivity (Wildman–Crippen MR) is 152 cm³/mol. The van der Waals surface area contributed by atoms with Crippen LogP contribution in [0, 0.1) is 48.5 Å². The van der Waals surface area contributed by atoms with Crippen molar-refractivity contribution in [3.8, 4) is 23.8 Å². The maximum Gasteiger partial charge on any atom is 2.00 e. The van der Waals surface area contributed by atoms with Crippen molar-refractivity contribution < 1.29 is 21.1 Å². The molecule has 212 valence electrons. The molecule has 0 fully saturated rings. The Labute approximate surface area is 260 Å². The minimum Gasteiger partial charge on any atom is -0.402 e. The van der Waals surface area contributed by atoms with Crippen molar-refractivity contribution in [3.05, 3.63) is 93.7 Å². The Morgan fingerprint density at radius 2 is 1.24 bits per heavy atom. The van der Waals surface area contributed by atoms with Crippen molar-refractivity contribution in [1.82, 2.24) is 29.1 Å². The third-order valence-corrected chi connectivity index (χ3v) is 6.90. The van der Waals surface area contributed by atoms with E-state index < -0.39 is 5.41 Å². The first-order valence-corrected chi connectivity index (χ1v) is 12.8. The van der Waals surface area contributed by atoms with E-state index in [-0.39, 0.29) is 54.9 Å². The fourth-order valence-electron chi connectivity index (χ4n) is 4.18. The van der Waals surface area contributed by atoms with Crippen LogP contribution >= 0.6 is 0 Å². The van der Waals surface area contributed by atoms with Crippen molar-refractivity contribution in [2.75, 3.05) is 0 Å². The summed E-state index contributed by atoms with van der Waals surface area (Å²) in [6.07, 6.45) is 5.51. The second-order valence-electron chi connectivity index (χ2n) is 12.2. The molecule has 4 heterocycles. The SMILES string of the molecule is [C-]#[N+]c1n[c-]n(-c2cc(C(C)(C)C)cc(C(C)(C)c3cc(C(C)(C)C)cc(-n4[c-]nc(C#N)c4C#N)n3)n2)c1[N+]#[C-].[Pt+2]. The summed E-state index contributed by atoms with van der Waals surface area (Å²) in [5.41, 5.74) is 2.02. The standard InChI is InChI=1S/C31H28N10.Pt/c1-29(2,3)19-11-23(38-25(13-19)40-17-36-21(15-32)22(40)16-33)31(7,8)24-12-20(30(4,5)6)14-26(39-24)41-18-37-27(34-9)28(41)35-10;/h11-14H,1-8H3;/q-2;+2. The van der Waals surface area contributed by atoms with Crippen molar-refractivity contribution >= 4 is 11.6 Å². The zero-order chi connectivity index (χ0) is 30.3. The van der Waals surface area contributed by atoms with Gasteiger partial charge in [-0.25, -0.2) is 10.5 Å². The molecule has 11 heteroatoms. The van der Waals surface area contributed by atoms with Gasteiger partial charge in [-0.05, 0) is 54.0 Å². The topological polar surface area (TPSA) is 118 Å². The van der Waals surface area contributed by atoms with Crippen LogP contribution in [0.2, 0.25) is 0 Å². The average Bonchev–Trinajstić information content (AvgIpc) is 3.55. The molecule has 10 nitrogen and oxygen atoms in total. The van der Waals surface area contributed by atoms with E-state index in [0.717, 1.165) is 11.1 Å². The molecule has 42 heavy (non-hydrogen) atoms. The second kappa shape index (κ2) is 11.3. The summed E-state index contributed by atoms with van der Waals surface area (Å²) in [4.78, 5) is 24.7. The van der Waals surface area contributed by atoms with Gasteiger partial charge in [0.05, 0.1) is 23.7 Å². The summed E-state index contributed by atoms with van der Waals surface area (Å²) in [6, 6.07) is 11.8. The molecule has 0 saturated heterocycles. The zero-order valence-electron chi connectivity index (χ0n) is 24.6. The molecule has 0 aromatic carbocycles. The molecule has 0 radical (unpaired) electrons. The van der Waals surface area contributed by atoms with E-state index in [9.17, 15) is 10.5 Å². The van der Waals surface area contributed by atoms with E-state index in [4.69, 9.17) is 23.1 Å². The van der Waals surface area contributed by atoms with Crippen LogP contribution in [0.25, 0.3) is 21.3 Å². The quantitative estimate of drug-likeness (QED) is 0.230. The number of imidazole rings is 2. The van der Waals surface area contributed by atoms with Gasteiger partial charge < -0.3 is 19.2 Å². The number of nitrogens with zero attached hydrogens (tertiary/aromatic N) is 10. The van der Waals surface area contributed by atoms with Crippen LogP contribution in [0.15, 0.2) is 24.3 Å². The normalized spacial score (nSPS) is 11.5. The van der Waals surface area contributed by atoms with Crippen molar-refractivity contribution in [1.29, 1.82) is 10.5 Å². The maximum atomic E-state index is 9.76. The molecule has 0 atom stereocenters. The summed E-state index contributed by atoms with van der Waals surface area (Å²) < 4.78 is 2.83. The molecule has 0 saturated carbocycles. The molecule has 0 spiro atoms. The summed E-state index contributed by atoms with van der Waals surface area (Å²) in [5.74, 6) is 0.854. The number of aromatic nitrogens is 6. The third kappa shape index (κ3) is 5.73. The molecule has 0 bridgehead atoms. The van der Waals surface area contributed by atoms with Gasteiger partial charge in [0, 0.05) is 28.8 Å². The van der Waals surface area contributed by atoms with Crippen LogP contribution in [-0.4, -0.2) is 29.1 Å². The molecule has 0 amide bonds. The molecule has 4 rings (SSSR count). The van der Waals surface area contributed by atoms with E-state index in [2.05, 4.69) is 73.9 Å². The zero-order valence-corrected chi connectivity index (χ0v) is 26.9. The van der Waals surface area contributed by atoms with Crippen LogP contribution in [0.1, 0.15) is 89.3 Å². The van der Waals surface area contributed by atoms with Gasteiger partial charge in [0.15, 0.2) is 0 Å². The fourth-order valence-corrected chi connectivity index (χ4v) is 4.18. The summed E-state index contributed by atoms with van der Waals surface area (Å²) in [5, 5.41) is 19.2. The van der Waals surface area contributed by atoms with E-state index in [1.54, 1.807) is 0 Å². The van der Waals surface area contributed by atoms with E-state index >= 15 is 0 Å². The first-order valence-electron chi connectivity index (χ1n) is 12.8. The molecule has 4 aromatic rings. The third-order valence-electron chi connectivity index (χ3n) is 6.90. The molecule has 4 aromatic heterocycles. The Morgan fingerprint density at radius 1 is 0.738 bits per heavy atom. The van der Waals surface area contributed by atoms with Gasteiger partial charge in [0.1, 0.15) is 5.82 Å². The van der Waals surface area contributed by atoms with Crippen LogP contribution in [-0.2, 0) is 37.3 Å². The van der Waals surface area contributed by atoms with E-state index in [1.807, 2.05) is 50.3 Å². The van der Waals surface area contributed by atoms with Crippen LogP contribution in [0.4, 0.5) is 11.6 Å². The van der Waals surface area contributed by atoms with Gasteiger partial charge >= 0.3 is 26.9 Å². The summed E-state index contributed by atoms with van der Waals surface area (Å²) in [7, 11) is 0. The van der Waals surface area contributed by atoms with Gasteiger partial charge in [-0.3, -0.25) is 14.5 Å². The molecule has 0 aliphatic rings. The molecule has 0 aliphatic heterocycles.